The average Bonchev–Trinajstić information content (AvgIpc) is 3.62. The van der Waals surface area contributed by atoms with Gasteiger partial charge < -0.3 is 9.52 Å². The summed E-state index contributed by atoms with van der Waals surface area (Å²) in [5, 5.41) is 19.5. The molecular weight excluding hydrogens is 513 g/mol. The van der Waals surface area contributed by atoms with Crippen LogP contribution in [0.25, 0.3) is 0 Å². The molecule has 1 unspecified atom stereocenters. The number of rotatable bonds is 8. The molecule has 10 heteroatoms. The molecule has 37 heavy (non-hydrogen) atoms. The van der Waals surface area contributed by atoms with Crippen LogP contribution in [0.3, 0.4) is 0 Å². The highest BCUT2D eigenvalue weighted by Crippen LogP contribution is 2.44. The minimum atomic E-state index is -0.923. The van der Waals surface area contributed by atoms with E-state index in [4.69, 9.17) is 4.42 Å². The quantitative estimate of drug-likeness (QED) is 0.163. The summed E-state index contributed by atoms with van der Waals surface area (Å²) in [5.41, 5.74) is 2.16. The molecule has 0 spiro atoms. The molecular formula is C27H22FN3O4S2. The van der Waals surface area contributed by atoms with Crippen LogP contribution in [0.5, 0.6) is 0 Å². The molecule has 1 N–H and O–H groups in total. The lowest BCUT2D eigenvalue weighted by molar-refractivity contribution is -0.117. The lowest BCUT2D eigenvalue weighted by Crippen LogP contribution is -2.31. The van der Waals surface area contributed by atoms with E-state index in [0.29, 0.717) is 27.0 Å². The number of aliphatic hydroxyl groups excluding tert-OH is 1. The van der Waals surface area contributed by atoms with Crippen LogP contribution in [0.15, 0.2) is 80.8 Å². The van der Waals surface area contributed by atoms with Gasteiger partial charge in [-0.1, -0.05) is 72.5 Å². The van der Waals surface area contributed by atoms with E-state index in [9.17, 15) is 19.1 Å². The van der Waals surface area contributed by atoms with E-state index in [1.54, 1.807) is 31.2 Å². The fourth-order valence-electron chi connectivity index (χ4n) is 4.09. The van der Waals surface area contributed by atoms with Gasteiger partial charge in [0.25, 0.3) is 5.91 Å². The molecule has 5 rings (SSSR count). The second kappa shape index (κ2) is 10.3. The van der Waals surface area contributed by atoms with Gasteiger partial charge in [-0.25, -0.2) is 4.39 Å². The van der Waals surface area contributed by atoms with Gasteiger partial charge in [0.1, 0.15) is 11.6 Å². The maximum atomic E-state index is 14.0. The van der Waals surface area contributed by atoms with Crippen LogP contribution in [0.1, 0.15) is 46.0 Å². The number of thioether (sulfide) groups is 1. The number of ketones is 1. The Bertz CT molecular complexity index is 1510. The molecule has 0 radical (unpaired) electrons. The Hall–Kier alpha value is -3.76. The summed E-state index contributed by atoms with van der Waals surface area (Å²) in [6.45, 7) is 3.74. The molecule has 0 fully saturated rings. The second-order valence-corrected chi connectivity index (χ2v) is 10.6. The molecule has 1 atom stereocenters. The molecule has 0 saturated heterocycles. The van der Waals surface area contributed by atoms with Gasteiger partial charge in [0.15, 0.2) is 15.9 Å². The van der Waals surface area contributed by atoms with Crippen LogP contribution in [-0.2, 0) is 17.0 Å². The molecule has 0 saturated carbocycles. The van der Waals surface area contributed by atoms with Crippen molar-refractivity contribution >= 4 is 39.9 Å². The Balaban J connectivity index is 1.50. The molecule has 1 aliphatic heterocycles. The van der Waals surface area contributed by atoms with Gasteiger partial charge in [0.05, 0.1) is 11.6 Å². The SMILES string of the molecule is CCc1ccc(C2C(C(=O)c3ccc(C)o3)=C(O)C(=O)N2c2nnc(SCc3ccccc3F)s2)cc1. The third-order valence-electron chi connectivity index (χ3n) is 6.03. The fraction of sp³-hybridized carbons (Fsp3) is 0.185. The Morgan fingerprint density at radius 3 is 2.57 bits per heavy atom. The standard InChI is InChI=1S/C27H22FN3O4S2/c1-3-16-9-11-17(12-10-16)22-21(23(32)20-13-8-15(2)35-20)24(33)25(34)31(22)26-29-30-27(37-26)36-14-18-6-4-5-7-19(18)28/h4-13,22,33H,3,14H2,1-2H3. The normalized spacial score (nSPS) is 15.6. The first-order valence-electron chi connectivity index (χ1n) is 11.5. The number of furan rings is 1. The molecule has 1 amide bonds. The predicted octanol–water partition coefficient (Wildman–Crippen LogP) is 6.22. The highest BCUT2D eigenvalue weighted by molar-refractivity contribution is 8.00. The molecule has 4 aromatic rings. The van der Waals surface area contributed by atoms with Gasteiger partial charge in [-0.15, -0.1) is 10.2 Å². The number of aromatic nitrogens is 2. The number of anilines is 1. The van der Waals surface area contributed by atoms with Crippen LogP contribution in [0, 0.1) is 12.7 Å². The monoisotopic (exact) mass is 535 g/mol. The first kappa shape index (κ1) is 24.9. The summed E-state index contributed by atoms with van der Waals surface area (Å²) in [5.74, 6) is -1.39. The van der Waals surface area contributed by atoms with E-state index in [1.165, 1.54) is 28.8 Å². The lowest BCUT2D eigenvalue weighted by Gasteiger charge is -2.24. The third kappa shape index (κ3) is 4.82. The van der Waals surface area contributed by atoms with Gasteiger partial charge in [-0.2, -0.15) is 0 Å². The first-order valence-corrected chi connectivity index (χ1v) is 13.3. The van der Waals surface area contributed by atoms with E-state index >= 15 is 0 Å². The number of amides is 1. The number of aryl methyl sites for hydroxylation is 2. The highest BCUT2D eigenvalue weighted by atomic mass is 32.2. The minimum Gasteiger partial charge on any atom is -0.503 e. The van der Waals surface area contributed by atoms with Crippen molar-refractivity contribution in [2.75, 3.05) is 4.90 Å². The van der Waals surface area contributed by atoms with Crippen LogP contribution >= 0.6 is 23.1 Å². The number of hydrogen-bond acceptors (Lipinski definition) is 8. The number of carbonyl (C=O) groups is 2. The van der Waals surface area contributed by atoms with Gasteiger partial charge in [-0.05, 0) is 48.2 Å². The van der Waals surface area contributed by atoms with Crippen LogP contribution < -0.4 is 4.90 Å². The summed E-state index contributed by atoms with van der Waals surface area (Å²) < 4.78 is 20.0. The lowest BCUT2D eigenvalue weighted by atomic mass is 9.94. The minimum absolute atomic E-state index is 0.0299. The van der Waals surface area contributed by atoms with Crippen molar-refractivity contribution in [2.24, 2.45) is 0 Å². The highest BCUT2D eigenvalue weighted by Gasteiger charge is 2.46. The molecule has 1 aliphatic rings. The first-order chi connectivity index (χ1) is 17.9. The Morgan fingerprint density at radius 2 is 1.89 bits per heavy atom. The van der Waals surface area contributed by atoms with Crippen LogP contribution in [0.4, 0.5) is 9.52 Å². The summed E-state index contributed by atoms with van der Waals surface area (Å²) in [6.07, 6.45) is 0.825. The van der Waals surface area contributed by atoms with Crippen molar-refractivity contribution in [1.29, 1.82) is 0 Å². The molecule has 0 bridgehead atoms. The third-order valence-corrected chi connectivity index (χ3v) is 8.14. The Morgan fingerprint density at radius 1 is 1.14 bits per heavy atom. The summed E-state index contributed by atoms with van der Waals surface area (Å²) >= 11 is 2.42. The van der Waals surface area contributed by atoms with Gasteiger partial charge in [0, 0.05) is 5.75 Å². The number of aliphatic hydroxyl groups is 1. The van der Waals surface area contributed by atoms with Gasteiger partial charge >= 0.3 is 0 Å². The number of benzene rings is 2. The number of carbonyl (C=O) groups excluding carboxylic acids is 2. The van der Waals surface area contributed by atoms with Crippen LogP contribution in [-0.4, -0.2) is 27.0 Å². The van der Waals surface area contributed by atoms with E-state index in [-0.39, 0.29) is 22.3 Å². The van der Waals surface area contributed by atoms with E-state index in [2.05, 4.69) is 10.2 Å². The number of halogens is 1. The van der Waals surface area contributed by atoms with Crippen molar-refractivity contribution < 1.29 is 23.5 Å². The summed E-state index contributed by atoms with van der Waals surface area (Å²) in [6, 6.07) is 16.2. The summed E-state index contributed by atoms with van der Waals surface area (Å²) in [4.78, 5) is 28.0. The largest absolute Gasteiger partial charge is 0.503 e. The molecule has 2 aromatic carbocycles. The van der Waals surface area contributed by atoms with Gasteiger partial charge in [0.2, 0.25) is 10.9 Å². The smallest absolute Gasteiger partial charge is 0.296 e. The van der Waals surface area contributed by atoms with Crippen LogP contribution in [0.2, 0.25) is 0 Å². The zero-order chi connectivity index (χ0) is 26.1. The molecule has 2 aromatic heterocycles. The van der Waals surface area contributed by atoms with E-state index in [1.807, 2.05) is 31.2 Å². The molecule has 7 nitrogen and oxygen atoms in total. The van der Waals surface area contributed by atoms with Crippen molar-refractivity contribution in [3.05, 3.63) is 106 Å². The Kier molecular flexibility index (Phi) is 6.94. The molecule has 3 heterocycles. The van der Waals surface area contributed by atoms with Crippen molar-refractivity contribution in [2.45, 2.75) is 36.4 Å². The number of nitrogens with zero attached hydrogens (tertiary/aromatic N) is 3. The second-order valence-electron chi connectivity index (χ2n) is 8.41. The van der Waals surface area contributed by atoms with Crippen molar-refractivity contribution in [3.63, 3.8) is 0 Å². The van der Waals surface area contributed by atoms with E-state index in [0.717, 1.165) is 23.3 Å². The van der Waals surface area contributed by atoms with Crippen molar-refractivity contribution in [1.82, 2.24) is 10.2 Å². The Labute approximate surface area is 220 Å². The topological polar surface area (TPSA) is 96.5 Å². The van der Waals surface area contributed by atoms with E-state index < -0.39 is 23.5 Å². The summed E-state index contributed by atoms with van der Waals surface area (Å²) in [7, 11) is 0. The molecule has 0 aliphatic carbocycles. The predicted molar refractivity (Wildman–Crippen MR) is 139 cm³/mol. The van der Waals surface area contributed by atoms with Gasteiger partial charge in [-0.3, -0.25) is 14.5 Å². The zero-order valence-electron chi connectivity index (χ0n) is 20.0. The maximum Gasteiger partial charge on any atom is 0.296 e. The molecule has 188 valence electrons. The number of Topliss-reactive ketones (excluding diaryl/α,β-unsaturated/α-hetero) is 1. The number of hydrogen-bond donors (Lipinski definition) is 1. The fourth-order valence-corrected chi connectivity index (χ4v) is 5.94. The van der Waals surface area contributed by atoms with Crippen molar-refractivity contribution in [3.8, 4) is 0 Å². The zero-order valence-corrected chi connectivity index (χ0v) is 21.6. The average molecular weight is 536 g/mol. The maximum absolute atomic E-state index is 14.0.